The maximum Gasteiger partial charge on any atom is 0.407 e. The molecule has 2 fully saturated rings. The van der Waals surface area contributed by atoms with Crippen LogP contribution in [0.5, 0.6) is 5.75 Å². The highest BCUT2D eigenvalue weighted by Gasteiger charge is 2.45. The van der Waals surface area contributed by atoms with Crippen LogP contribution in [0, 0.1) is 0 Å². The van der Waals surface area contributed by atoms with Crippen molar-refractivity contribution in [2.24, 2.45) is 11.5 Å². The van der Waals surface area contributed by atoms with Gasteiger partial charge in [-0.25, -0.2) is 9.78 Å². The van der Waals surface area contributed by atoms with E-state index < -0.39 is 83.9 Å². The Morgan fingerprint density at radius 2 is 1.22 bits per heavy atom. The zero-order chi connectivity index (χ0) is 54.1. The lowest BCUT2D eigenvalue weighted by Gasteiger charge is -2.31. The van der Waals surface area contributed by atoms with Crippen LogP contribution in [-0.4, -0.2) is 130 Å². The number of carbonyl (C=O) groups is 7. The number of hydrogen-bond donors (Lipinski definition) is 10. The molecule has 2 aliphatic heterocycles. The monoisotopic (exact) mass is 1050 g/mol. The van der Waals surface area contributed by atoms with Gasteiger partial charge >= 0.3 is 6.09 Å². The van der Waals surface area contributed by atoms with E-state index in [0.717, 1.165) is 16.5 Å². The lowest BCUT2D eigenvalue weighted by atomic mass is 10.00. The quantitative estimate of drug-likeness (QED) is 0.0553. The van der Waals surface area contributed by atoms with Gasteiger partial charge in [-0.15, -0.1) is 0 Å². The minimum absolute atomic E-state index is 0.0432. The normalized spacial score (nSPS) is 21.6. The molecule has 2 saturated heterocycles. The van der Waals surface area contributed by atoms with Crippen molar-refractivity contribution in [3.63, 3.8) is 0 Å². The highest BCUT2D eigenvalue weighted by molar-refractivity contribution is 5.99. The van der Waals surface area contributed by atoms with Gasteiger partial charge in [0.05, 0.1) is 12.9 Å². The SMILES string of the molecule is NCCCC[C@@H]1NC(=O)[C@@H](Cc2c[nH]c3ccccc23)NC(=O)[C@H](Cc2cnc[nH]2)NC(=O)[C@@H]2C[C@@H](OC(=O)NCCN)CN2C(=O)[C@H](Cc2ccccc2)NC(=O)[C@H](Cc2ccc(OCc3ccccc3)cc2)NC1=O. The van der Waals surface area contributed by atoms with E-state index in [9.17, 15) is 24.0 Å². The van der Waals surface area contributed by atoms with Crippen LogP contribution >= 0.6 is 0 Å². The number of carbonyl (C=O) groups excluding carboxylic acids is 7. The van der Waals surface area contributed by atoms with Crippen LogP contribution in [0.4, 0.5) is 4.79 Å². The summed E-state index contributed by atoms with van der Waals surface area (Å²) in [5, 5.41) is 17.8. The first-order valence-electron chi connectivity index (χ1n) is 25.9. The Balaban J connectivity index is 1.18. The van der Waals surface area contributed by atoms with Gasteiger partial charge in [-0.05, 0) is 66.3 Å². The minimum atomic E-state index is -1.36. The number of nitrogens with one attached hydrogen (secondary N) is 8. The number of hydrogen-bond acceptors (Lipinski definition) is 12. The summed E-state index contributed by atoms with van der Waals surface area (Å²) >= 11 is 0. The Labute approximate surface area is 445 Å². The molecule has 21 heteroatoms. The molecule has 4 aromatic carbocycles. The highest BCUT2D eigenvalue weighted by atomic mass is 16.6. The maximum absolute atomic E-state index is 15.3. The molecule has 21 nitrogen and oxygen atoms in total. The number of unbranched alkanes of at least 4 members (excludes halogenated alkanes) is 1. The van der Waals surface area contributed by atoms with Gasteiger partial charge in [-0.1, -0.05) is 91.0 Å². The van der Waals surface area contributed by atoms with E-state index in [-0.39, 0.29) is 58.2 Å². The number of nitrogens with zero attached hydrogens (tertiary/aromatic N) is 2. The Kier molecular flexibility index (Phi) is 19.0. The van der Waals surface area contributed by atoms with Gasteiger partial charge in [-0.2, -0.15) is 0 Å². The Morgan fingerprint density at radius 1 is 0.623 bits per heavy atom. The van der Waals surface area contributed by atoms with Gasteiger partial charge in [0.15, 0.2) is 0 Å². The number of H-pyrrole nitrogens is 2. The van der Waals surface area contributed by atoms with E-state index in [1.807, 2.05) is 54.6 Å². The predicted molar refractivity (Wildman–Crippen MR) is 285 cm³/mol. The summed E-state index contributed by atoms with van der Waals surface area (Å²) in [6.07, 6.45) is 3.39. The average Bonchev–Trinajstić information content (AvgIpc) is 4.23. The molecule has 7 atom stereocenters. The Hall–Kier alpha value is -8.56. The molecule has 77 heavy (non-hydrogen) atoms. The smallest absolute Gasteiger partial charge is 0.407 e. The van der Waals surface area contributed by atoms with Gasteiger partial charge in [-0.3, -0.25) is 28.8 Å². The van der Waals surface area contributed by atoms with E-state index in [1.165, 1.54) is 17.4 Å². The van der Waals surface area contributed by atoms with Crippen molar-refractivity contribution in [2.75, 3.05) is 26.2 Å². The molecule has 0 saturated carbocycles. The summed E-state index contributed by atoms with van der Waals surface area (Å²) in [6.45, 7) is 0.601. The summed E-state index contributed by atoms with van der Waals surface area (Å²) < 4.78 is 11.8. The van der Waals surface area contributed by atoms with E-state index in [1.54, 1.807) is 60.8 Å². The third kappa shape index (κ3) is 15.1. The maximum atomic E-state index is 15.3. The fourth-order valence-corrected chi connectivity index (χ4v) is 9.57. The second-order valence-electron chi connectivity index (χ2n) is 19.2. The first-order chi connectivity index (χ1) is 37.4. The lowest BCUT2D eigenvalue weighted by Crippen LogP contribution is -2.62. The van der Waals surface area contributed by atoms with Gasteiger partial charge in [0.2, 0.25) is 35.4 Å². The van der Waals surface area contributed by atoms with Crippen LogP contribution in [0.1, 0.15) is 53.6 Å². The van der Waals surface area contributed by atoms with Gasteiger partial charge in [0.1, 0.15) is 54.7 Å². The molecule has 2 aliphatic rings. The molecule has 12 N–H and O–H groups in total. The van der Waals surface area contributed by atoms with Crippen LogP contribution in [-0.2, 0) is 65.8 Å². The second kappa shape index (κ2) is 26.8. The second-order valence-corrected chi connectivity index (χ2v) is 19.2. The van der Waals surface area contributed by atoms with Crippen molar-refractivity contribution in [3.05, 3.63) is 156 Å². The van der Waals surface area contributed by atoms with E-state index in [4.69, 9.17) is 20.9 Å². The number of amides is 7. The number of nitrogens with two attached hydrogens (primary N) is 2. The van der Waals surface area contributed by atoms with Crippen molar-refractivity contribution in [3.8, 4) is 5.75 Å². The number of benzene rings is 4. The lowest BCUT2D eigenvalue weighted by molar-refractivity contribution is -0.143. The molecule has 6 aromatic rings. The van der Waals surface area contributed by atoms with Crippen molar-refractivity contribution >= 4 is 52.4 Å². The molecule has 0 bridgehead atoms. The first kappa shape index (κ1) is 54.7. The topological polar surface area (TPSA) is 310 Å². The molecule has 2 aromatic heterocycles. The van der Waals surface area contributed by atoms with Crippen molar-refractivity contribution in [1.29, 1.82) is 0 Å². The zero-order valence-corrected chi connectivity index (χ0v) is 42.6. The summed E-state index contributed by atoms with van der Waals surface area (Å²) in [4.78, 5) is 114. The largest absolute Gasteiger partial charge is 0.489 e. The van der Waals surface area contributed by atoms with Gasteiger partial charge in [0, 0.05) is 74.2 Å². The molecule has 0 unspecified atom stereocenters. The van der Waals surface area contributed by atoms with Crippen molar-refractivity contribution in [2.45, 2.75) is 100 Å². The fraction of sp³-hybridized carbons (Fsp3) is 0.357. The Bertz CT molecular complexity index is 2940. The number of imidazole rings is 1. The van der Waals surface area contributed by atoms with Crippen molar-refractivity contribution < 1.29 is 43.0 Å². The molecular weight excluding hydrogens is 985 g/mol. The first-order valence-corrected chi connectivity index (χ1v) is 25.9. The number of aromatic nitrogens is 3. The third-order valence-corrected chi connectivity index (χ3v) is 13.6. The molecule has 7 amide bonds. The standard InChI is InChI=1S/C56H66N12O9/c57-22-10-9-17-44-50(69)64-45(25-36-18-20-40(21-19-36)76-33-37-13-5-2-6-14-37)51(70)67-48(26-35-11-3-1-4-12-35)55(74)68-32-41(77-56(75)60-24-23-58)29-49(68)54(73)66-47(28-39-31-59-34-62-39)53(72)65-46(52(71)63-44)27-38-30-61-43-16-8-7-15-42(38)43/h1-8,11-16,18-21,30-31,34,41,44-49,61H,9-10,17,22-29,32-33,57-58H2,(H,59,62)(H,60,75)(H,63,71)(H,64,69)(H,65,72)(H,66,73)(H,67,70)/t41-,44+,45+,46-,47+,48+,49+/m1/s1. The van der Waals surface area contributed by atoms with Crippen LogP contribution in [0.3, 0.4) is 0 Å². The van der Waals surface area contributed by atoms with Crippen LogP contribution in [0.15, 0.2) is 128 Å². The molecule has 0 spiro atoms. The summed E-state index contributed by atoms with van der Waals surface area (Å²) in [5.41, 5.74) is 15.7. The van der Waals surface area contributed by atoms with Gasteiger partial charge < -0.3 is 67.7 Å². The minimum Gasteiger partial charge on any atom is -0.489 e. The van der Waals surface area contributed by atoms with Crippen LogP contribution < -0.4 is 48.1 Å². The number of aromatic amines is 2. The number of fused-ring (bicyclic) bond motifs is 2. The van der Waals surface area contributed by atoms with Crippen molar-refractivity contribution in [1.82, 2.24) is 51.8 Å². The average molecular weight is 1050 g/mol. The highest BCUT2D eigenvalue weighted by Crippen LogP contribution is 2.25. The van der Waals surface area contributed by atoms with Gasteiger partial charge in [0.25, 0.3) is 0 Å². The van der Waals surface area contributed by atoms with Crippen LogP contribution in [0.25, 0.3) is 10.9 Å². The third-order valence-electron chi connectivity index (χ3n) is 13.6. The number of rotatable bonds is 18. The number of para-hydroxylation sites is 1. The zero-order valence-electron chi connectivity index (χ0n) is 42.6. The molecular formula is C56H66N12O9. The molecule has 4 heterocycles. The molecule has 0 radical (unpaired) electrons. The summed E-state index contributed by atoms with van der Waals surface area (Å²) in [5.74, 6) is -3.78. The van der Waals surface area contributed by atoms with E-state index >= 15 is 9.59 Å². The fourth-order valence-electron chi connectivity index (χ4n) is 9.57. The van der Waals surface area contributed by atoms with E-state index in [0.29, 0.717) is 54.1 Å². The number of ether oxygens (including phenoxy) is 2. The summed E-state index contributed by atoms with van der Waals surface area (Å²) in [6, 6.07) is 25.2. The Morgan fingerprint density at radius 3 is 1.91 bits per heavy atom. The molecule has 8 rings (SSSR count). The van der Waals surface area contributed by atoms with Crippen LogP contribution in [0.2, 0.25) is 0 Å². The summed E-state index contributed by atoms with van der Waals surface area (Å²) in [7, 11) is 0. The van der Waals surface area contributed by atoms with E-state index in [2.05, 4.69) is 46.9 Å². The molecule has 404 valence electrons. The number of alkyl carbamates (subject to hydrolysis) is 1. The predicted octanol–water partition coefficient (Wildman–Crippen LogP) is 1.96. The molecule has 0 aliphatic carbocycles.